The predicted octanol–water partition coefficient (Wildman–Crippen LogP) is 0.925. The molecular formula is C27H34N4O8. The number of amides is 2. The molecule has 4 rings (SSSR count). The fraction of sp³-hybridized carbons (Fsp3) is 0.481. The van der Waals surface area contributed by atoms with E-state index >= 15 is 0 Å². The first-order chi connectivity index (χ1) is 18.2. The molecule has 0 saturated heterocycles. The molecule has 0 spiro atoms. The molecular weight excluding hydrogens is 508 g/mol. The van der Waals surface area contributed by atoms with Gasteiger partial charge in [-0.15, -0.1) is 0 Å². The van der Waals surface area contributed by atoms with E-state index in [9.17, 15) is 39.6 Å². The number of Topliss-reactive ketones (excluding diaryl/α,β-unsaturated/α-hetero) is 2. The number of hydrogen-bond donors (Lipinski definition) is 6. The minimum Gasteiger partial charge on any atom is -0.510 e. The average molecular weight is 543 g/mol. The number of carbonyl (C=O) groups is 4. The highest BCUT2D eigenvalue weighted by atomic mass is 16.3. The molecule has 0 heterocycles. The van der Waals surface area contributed by atoms with Crippen molar-refractivity contribution in [2.45, 2.75) is 45.3 Å². The SMILES string of the molecule is CCN(CC)c1cc(NC(C)=O)c(O)c2c1CC1CC3[C@H](N(C)C)C(O)=C(C(N)=O)C(=O)C3(O)C(O)=C1C2=O. The molecule has 0 saturated carbocycles. The molecule has 3 aliphatic rings. The summed E-state index contributed by atoms with van der Waals surface area (Å²) < 4.78 is 0. The van der Waals surface area contributed by atoms with Gasteiger partial charge in [-0.25, -0.2) is 0 Å². The lowest BCUT2D eigenvalue weighted by Gasteiger charge is -2.50. The van der Waals surface area contributed by atoms with Crippen molar-refractivity contribution in [1.29, 1.82) is 0 Å². The van der Waals surface area contributed by atoms with Crippen molar-refractivity contribution in [2.75, 3.05) is 37.4 Å². The Morgan fingerprint density at radius 3 is 2.28 bits per heavy atom. The Labute approximate surface area is 225 Å². The number of aliphatic hydroxyl groups is 3. The predicted molar refractivity (Wildman–Crippen MR) is 142 cm³/mol. The summed E-state index contributed by atoms with van der Waals surface area (Å²) >= 11 is 0. The van der Waals surface area contributed by atoms with Crippen LogP contribution in [0.4, 0.5) is 11.4 Å². The van der Waals surface area contributed by atoms with Crippen molar-refractivity contribution in [2.24, 2.45) is 17.6 Å². The monoisotopic (exact) mass is 542 g/mol. The standard InChI is InChI=1S/C27H34N4O8/c1-6-31(7-2)16-10-15(29-11(3)32)21(33)18-13(16)8-12-9-14-20(30(4)5)23(35)19(26(28)38)25(37)27(14,39)24(36)17(12)22(18)34/h10,12,14,20,33,35-36,39H,6-9H2,1-5H3,(H2,28,38)(H,29,32)/t12?,14?,20-,27?/m0/s1. The highest BCUT2D eigenvalue weighted by molar-refractivity contribution is 6.25. The van der Waals surface area contributed by atoms with E-state index in [1.807, 2.05) is 18.7 Å². The van der Waals surface area contributed by atoms with E-state index in [0.717, 1.165) is 0 Å². The summed E-state index contributed by atoms with van der Waals surface area (Å²) in [5.41, 5.74) is 2.52. The molecule has 0 aliphatic heterocycles. The largest absolute Gasteiger partial charge is 0.510 e. The van der Waals surface area contributed by atoms with E-state index in [1.165, 1.54) is 11.8 Å². The molecule has 0 bridgehead atoms. The fourth-order valence-electron chi connectivity index (χ4n) is 6.43. The van der Waals surface area contributed by atoms with Crippen LogP contribution in [0.5, 0.6) is 5.75 Å². The maximum absolute atomic E-state index is 14.0. The van der Waals surface area contributed by atoms with E-state index in [1.54, 1.807) is 20.2 Å². The number of anilines is 2. The van der Waals surface area contributed by atoms with Gasteiger partial charge in [-0.3, -0.25) is 24.1 Å². The van der Waals surface area contributed by atoms with E-state index in [4.69, 9.17) is 5.73 Å². The number of ketones is 2. The summed E-state index contributed by atoms with van der Waals surface area (Å²) in [5.74, 6) is -7.69. The first-order valence-corrected chi connectivity index (χ1v) is 12.8. The quantitative estimate of drug-likeness (QED) is 0.222. The summed E-state index contributed by atoms with van der Waals surface area (Å²) in [6, 6.07) is 0.539. The summed E-state index contributed by atoms with van der Waals surface area (Å²) in [5, 5.41) is 47.7. The zero-order valence-electron chi connectivity index (χ0n) is 22.5. The van der Waals surface area contributed by atoms with Gasteiger partial charge in [0.15, 0.2) is 17.1 Å². The maximum atomic E-state index is 14.0. The van der Waals surface area contributed by atoms with Crippen LogP contribution in [-0.2, 0) is 20.8 Å². The number of carbonyl (C=O) groups excluding carboxylic acids is 4. The second-order valence-corrected chi connectivity index (χ2v) is 10.5. The Kier molecular flexibility index (Phi) is 6.98. The summed E-state index contributed by atoms with van der Waals surface area (Å²) in [6.07, 6.45) is 0.159. The van der Waals surface area contributed by atoms with Crippen LogP contribution in [0.15, 0.2) is 28.7 Å². The van der Waals surface area contributed by atoms with E-state index in [-0.39, 0.29) is 29.7 Å². The van der Waals surface area contributed by atoms with Gasteiger partial charge in [0.1, 0.15) is 17.1 Å². The number of aliphatic hydroxyl groups excluding tert-OH is 2. The van der Waals surface area contributed by atoms with E-state index in [0.29, 0.717) is 24.3 Å². The third kappa shape index (κ3) is 3.97. The van der Waals surface area contributed by atoms with Crippen LogP contribution in [-0.4, -0.2) is 87.5 Å². The molecule has 0 aromatic heterocycles. The van der Waals surface area contributed by atoms with Gasteiger partial charge in [-0.1, -0.05) is 0 Å². The molecule has 39 heavy (non-hydrogen) atoms. The molecule has 1 aromatic carbocycles. The minimum atomic E-state index is -2.71. The Morgan fingerprint density at radius 1 is 1.15 bits per heavy atom. The first-order valence-electron chi connectivity index (χ1n) is 12.8. The molecule has 210 valence electrons. The van der Waals surface area contributed by atoms with Gasteiger partial charge in [0.2, 0.25) is 11.7 Å². The van der Waals surface area contributed by atoms with Gasteiger partial charge in [-0.2, -0.15) is 0 Å². The van der Waals surface area contributed by atoms with Crippen molar-refractivity contribution >= 4 is 34.8 Å². The smallest absolute Gasteiger partial charge is 0.255 e. The normalized spacial score (nSPS) is 26.3. The van der Waals surface area contributed by atoms with E-state index < -0.39 is 69.7 Å². The first kappa shape index (κ1) is 28.1. The Morgan fingerprint density at radius 2 is 1.77 bits per heavy atom. The zero-order valence-corrected chi connectivity index (χ0v) is 22.5. The van der Waals surface area contributed by atoms with Crippen molar-refractivity contribution < 1.29 is 39.6 Å². The van der Waals surface area contributed by atoms with Crippen LogP contribution in [0.1, 0.15) is 43.1 Å². The number of rotatable bonds is 6. The number of fused-ring (bicyclic) bond motifs is 3. The Hall–Kier alpha value is -3.90. The second-order valence-electron chi connectivity index (χ2n) is 10.5. The molecule has 0 fully saturated rings. The summed E-state index contributed by atoms with van der Waals surface area (Å²) in [7, 11) is 3.15. The number of phenols is 1. The number of hydrogen-bond acceptors (Lipinski definition) is 10. The minimum absolute atomic E-state index is 0.00232. The van der Waals surface area contributed by atoms with Crippen LogP contribution < -0.4 is 16.0 Å². The molecule has 3 aliphatic carbocycles. The van der Waals surface area contributed by atoms with Gasteiger partial charge in [0.05, 0.1) is 17.3 Å². The topological polar surface area (TPSA) is 194 Å². The van der Waals surface area contributed by atoms with Crippen LogP contribution in [0.25, 0.3) is 0 Å². The van der Waals surface area contributed by atoms with Crippen LogP contribution in [0, 0.1) is 11.8 Å². The lowest BCUT2D eigenvalue weighted by molar-refractivity contribution is -0.148. The maximum Gasteiger partial charge on any atom is 0.255 e. The number of likely N-dealkylation sites (N-methyl/N-ethyl adjacent to an activating group) is 1. The number of primary amides is 1. The molecule has 12 heteroatoms. The fourth-order valence-corrected chi connectivity index (χ4v) is 6.43. The molecule has 2 amide bonds. The van der Waals surface area contributed by atoms with Crippen molar-refractivity contribution in [3.63, 3.8) is 0 Å². The van der Waals surface area contributed by atoms with Crippen LogP contribution >= 0.6 is 0 Å². The van der Waals surface area contributed by atoms with Gasteiger partial charge >= 0.3 is 0 Å². The molecule has 0 radical (unpaired) electrons. The van der Waals surface area contributed by atoms with Gasteiger partial charge < -0.3 is 36.4 Å². The number of aromatic hydroxyl groups is 1. The van der Waals surface area contributed by atoms with Crippen LogP contribution in [0.3, 0.4) is 0 Å². The van der Waals surface area contributed by atoms with Crippen molar-refractivity contribution in [3.8, 4) is 5.75 Å². The third-order valence-electron chi connectivity index (χ3n) is 8.11. The Bertz CT molecular complexity index is 1360. The highest BCUT2D eigenvalue weighted by Gasteiger charge is 2.63. The Balaban J connectivity index is 2.00. The number of nitrogens with zero attached hydrogens (tertiary/aromatic N) is 2. The van der Waals surface area contributed by atoms with Crippen LogP contribution in [0.2, 0.25) is 0 Å². The second kappa shape index (κ2) is 9.69. The average Bonchev–Trinajstić information content (AvgIpc) is 2.84. The molecule has 3 unspecified atom stereocenters. The lowest BCUT2D eigenvalue weighted by atomic mass is 9.58. The lowest BCUT2D eigenvalue weighted by Crippen LogP contribution is -2.63. The summed E-state index contributed by atoms with van der Waals surface area (Å²) in [6.45, 7) is 6.23. The number of phenolic OH excluding ortho intramolecular Hbond substituents is 1. The number of allylic oxidation sites excluding steroid dienone is 1. The van der Waals surface area contributed by atoms with Gasteiger partial charge in [0, 0.05) is 37.2 Å². The molecule has 4 atom stereocenters. The number of nitrogens with two attached hydrogens (primary N) is 1. The summed E-state index contributed by atoms with van der Waals surface area (Å²) in [4.78, 5) is 54.8. The van der Waals surface area contributed by atoms with Crippen molar-refractivity contribution in [1.82, 2.24) is 4.90 Å². The third-order valence-corrected chi connectivity index (χ3v) is 8.11. The number of nitrogens with one attached hydrogen (secondary N) is 1. The van der Waals surface area contributed by atoms with Crippen molar-refractivity contribution in [3.05, 3.63) is 39.9 Å². The zero-order chi connectivity index (χ0) is 29.1. The molecule has 12 nitrogen and oxygen atoms in total. The molecule has 1 aromatic rings. The highest BCUT2D eigenvalue weighted by Crippen LogP contribution is 2.54. The number of benzene rings is 1. The van der Waals surface area contributed by atoms with Gasteiger partial charge in [-0.05, 0) is 58.3 Å². The van der Waals surface area contributed by atoms with E-state index in [2.05, 4.69) is 5.32 Å². The molecule has 7 N–H and O–H groups in total. The van der Waals surface area contributed by atoms with Gasteiger partial charge in [0.25, 0.3) is 5.91 Å².